The summed E-state index contributed by atoms with van der Waals surface area (Å²) in [6.07, 6.45) is 4.32. The van der Waals surface area contributed by atoms with Gasteiger partial charge in [0.15, 0.2) is 11.5 Å². The number of rotatable bonds is 9. The molecule has 3 rings (SSSR count). The van der Waals surface area contributed by atoms with Crippen molar-refractivity contribution in [2.45, 2.75) is 41.9 Å². The van der Waals surface area contributed by atoms with Crippen LogP contribution in [-0.2, 0) is 26.5 Å². The van der Waals surface area contributed by atoms with Crippen LogP contribution in [0.5, 0.6) is 11.5 Å². The van der Waals surface area contributed by atoms with Gasteiger partial charge in [-0.25, -0.2) is 21.6 Å². The van der Waals surface area contributed by atoms with E-state index in [9.17, 15) is 16.8 Å². The zero-order chi connectivity index (χ0) is 23.2. The molecule has 0 amide bonds. The summed E-state index contributed by atoms with van der Waals surface area (Å²) in [6, 6.07) is 11.0. The van der Waals surface area contributed by atoms with E-state index in [1.165, 1.54) is 32.4 Å². The maximum atomic E-state index is 12.9. The van der Waals surface area contributed by atoms with E-state index in [2.05, 4.69) is 4.72 Å². The summed E-state index contributed by atoms with van der Waals surface area (Å²) in [4.78, 5) is 0.350. The summed E-state index contributed by atoms with van der Waals surface area (Å²) in [7, 11) is -4.30. The fraction of sp³-hybridized carbons (Fsp3) is 0.455. The van der Waals surface area contributed by atoms with Crippen molar-refractivity contribution in [3.05, 3.63) is 48.0 Å². The molecule has 0 radical (unpaired) electrons. The molecule has 1 aliphatic rings. The summed E-state index contributed by atoms with van der Waals surface area (Å²) in [5.74, 6) is 0.776. The summed E-state index contributed by atoms with van der Waals surface area (Å²) in [5.41, 5.74) is 0.842. The molecule has 1 saturated heterocycles. The zero-order valence-electron chi connectivity index (χ0n) is 18.4. The largest absolute Gasteiger partial charge is 0.493 e. The Labute approximate surface area is 190 Å². The van der Waals surface area contributed by atoms with Crippen LogP contribution in [0.4, 0.5) is 0 Å². The molecular formula is C22H30N2O6S2. The highest BCUT2D eigenvalue weighted by Crippen LogP contribution is 2.29. The summed E-state index contributed by atoms with van der Waals surface area (Å²) >= 11 is 0. The van der Waals surface area contributed by atoms with Crippen LogP contribution in [0.25, 0.3) is 0 Å². The molecule has 8 nitrogen and oxygen atoms in total. The molecule has 1 aliphatic heterocycles. The van der Waals surface area contributed by atoms with Crippen molar-refractivity contribution < 1.29 is 26.3 Å². The first kappa shape index (κ1) is 24.5. The molecule has 0 saturated carbocycles. The normalized spacial score (nSPS) is 15.8. The van der Waals surface area contributed by atoms with Crippen molar-refractivity contribution in [3.63, 3.8) is 0 Å². The van der Waals surface area contributed by atoms with Crippen LogP contribution in [0.3, 0.4) is 0 Å². The lowest BCUT2D eigenvalue weighted by Gasteiger charge is -2.20. The average Bonchev–Trinajstić information content (AvgIpc) is 3.09. The zero-order valence-corrected chi connectivity index (χ0v) is 20.0. The Hall–Kier alpha value is -2.14. The number of sulfonamides is 2. The van der Waals surface area contributed by atoms with Gasteiger partial charge in [-0.1, -0.05) is 25.0 Å². The van der Waals surface area contributed by atoms with Gasteiger partial charge in [0.1, 0.15) is 0 Å². The monoisotopic (exact) mass is 482 g/mol. The topological polar surface area (TPSA) is 102 Å². The van der Waals surface area contributed by atoms with Crippen LogP contribution < -0.4 is 14.2 Å². The molecule has 1 heterocycles. The van der Waals surface area contributed by atoms with Crippen molar-refractivity contribution in [3.8, 4) is 11.5 Å². The Bertz CT molecular complexity index is 1110. The molecule has 0 unspecified atom stereocenters. The highest BCUT2D eigenvalue weighted by molar-refractivity contribution is 7.89. The maximum absolute atomic E-state index is 12.9. The fourth-order valence-electron chi connectivity index (χ4n) is 3.66. The van der Waals surface area contributed by atoms with Crippen molar-refractivity contribution in [2.24, 2.45) is 0 Å². The van der Waals surface area contributed by atoms with E-state index in [0.717, 1.165) is 31.2 Å². The van der Waals surface area contributed by atoms with Gasteiger partial charge in [-0.15, -0.1) is 0 Å². The third-order valence-corrected chi connectivity index (χ3v) is 8.87. The highest BCUT2D eigenvalue weighted by Gasteiger charge is 2.25. The van der Waals surface area contributed by atoms with Crippen molar-refractivity contribution >= 4 is 20.0 Å². The molecule has 1 fully saturated rings. The van der Waals surface area contributed by atoms with Gasteiger partial charge >= 0.3 is 0 Å². The standard InChI is InChI=1S/C22H30N2O6S2/c1-29-21-12-11-20(17-22(21)30-2)31(25,26)23-14-13-18-7-9-19(10-8-18)32(27,28)24-15-5-3-4-6-16-24/h7-12,17,23H,3-6,13-16H2,1-2H3. The van der Waals surface area contributed by atoms with Crippen LogP contribution in [0, 0.1) is 0 Å². The van der Waals surface area contributed by atoms with Crippen LogP contribution >= 0.6 is 0 Å². The first-order valence-corrected chi connectivity index (χ1v) is 13.5. The van der Waals surface area contributed by atoms with Gasteiger partial charge in [0.2, 0.25) is 20.0 Å². The van der Waals surface area contributed by atoms with Gasteiger partial charge in [-0.05, 0) is 49.1 Å². The summed E-state index contributed by atoms with van der Waals surface area (Å²) < 4.78 is 65.3. The molecule has 0 aromatic heterocycles. The smallest absolute Gasteiger partial charge is 0.243 e. The maximum Gasteiger partial charge on any atom is 0.243 e. The van der Waals surface area contributed by atoms with Crippen molar-refractivity contribution in [1.29, 1.82) is 0 Å². The number of nitrogens with zero attached hydrogens (tertiary/aromatic N) is 1. The minimum Gasteiger partial charge on any atom is -0.493 e. The number of hydrogen-bond donors (Lipinski definition) is 1. The van der Waals surface area contributed by atoms with E-state index < -0.39 is 20.0 Å². The van der Waals surface area contributed by atoms with E-state index in [-0.39, 0.29) is 16.3 Å². The van der Waals surface area contributed by atoms with E-state index in [1.54, 1.807) is 28.6 Å². The Morgan fingerprint density at radius 1 is 0.812 bits per heavy atom. The second-order valence-corrected chi connectivity index (χ2v) is 11.3. The second-order valence-electron chi connectivity index (χ2n) is 7.63. The van der Waals surface area contributed by atoms with Gasteiger partial charge in [0.25, 0.3) is 0 Å². The average molecular weight is 483 g/mol. The third-order valence-electron chi connectivity index (χ3n) is 5.50. The molecule has 2 aromatic carbocycles. The molecule has 2 aromatic rings. The Morgan fingerprint density at radius 2 is 1.41 bits per heavy atom. The van der Waals surface area contributed by atoms with Crippen LogP contribution in [0.2, 0.25) is 0 Å². The quantitative estimate of drug-likeness (QED) is 0.590. The third kappa shape index (κ3) is 5.80. The lowest BCUT2D eigenvalue weighted by Crippen LogP contribution is -2.31. The van der Waals surface area contributed by atoms with Gasteiger partial charge in [0.05, 0.1) is 24.0 Å². The van der Waals surface area contributed by atoms with Crippen molar-refractivity contribution in [2.75, 3.05) is 33.9 Å². The lowest BCUT2D eigenvalue weighted by atomic mass is 10.2. The summed E-state index contributed by atoms with van der Waals surface area (Å²) in [5, 5.41) is 0. The molecule has 0 atom stereocenters. The van der Waals surface area contributed by atoms with Gasteiger partial charge in [-0.2, -0.15) is 4.31 Å². The van der Waals surface area contributed by atoms with E-state index in [0.29, 0.717) is 31.0 Å². The van der Waals surface area contributed by atoms with Crippen LogP contribution in [-0.4, -0.2) is 55.0 Å². The first-order chi connectivity index (χ1) is 15.3. The number of benzene rings is 2. The predicted molar refractivity (Wildman–Crippen MR) is 122 cm³/mol. The van der Waals surface area contributed by atoms with E-state index >= 15 is 0 Å². The number of nitrogens with one attached hydrogen (secondary N) is 1. The van der Waals surface area contributed by atoms with Crippen LogP contribution in [0.15, 0.2) is 52.3 Å². The molecular weight excluding hydrogens is 452 g/mol. The number of hydrogen-bond acceptors (Lipinski definition) is 6. The van der Waals surface area contributed by atoms with E-state index in [1.807, 2.05) is 0 Å². The Balaban J connectivity index is 1.61. The molecule has 176 valence electrons. The number of ether oxygens (including phenoxy) is 2. The number of methoxy groups -OCH3 is 2. The van der Waals surface area contributed by atoms with Gasteiger partial charge in [0, 0.05) is 25.7 Å². The predicted octanol–water partition coefficient (Wildman–Crippen LogP) is 2.79. The first-order valence-electron chi connectivity index (χ1n) is 10.6. The molecule has 0 bridgehead atoms. The molecule has 10 heteroatoms. The fourth-order valence-corrected chi connectivity index (χ4v) is 6.22. The Morgan fingerprint density at radius 3 is 2.00 bits per heavy atom. The van der Waals surface area contributed by atoms with E-state index in [4.69, 9.17) is 9.47 Å². The SMILES string of the molecule is COc1ccc(S(=O)(=O)NCCc2ccc(S(=O)(=O)N3CCCCCC3)cc2)cc1OC. The molecule has 0 spiro atoms. The lowest BCUT2D eigenvalue weighted by molar-refractivity contribution is 0.354. The highest BCUT2D eigenvalue weighted by atomic mass is 32.2. The second kappa shape index (κ2) is 10.7. The molecule has 1 N–H and O–H groups in total. The molecule has 0 aliphatic carbocycles. The van der Waals surface area contributed by atoms with Gasteiger partial charge < -0.3 is 9.47 Å². The van der Waals surface area contributed by atoms with Gasteiger partial charge in [-0.3, -0.25) is 0 Å². The van der Waals surface area contributed by atoms with Crippen LogP contribution in [0.1, 0.15) is 31.2 Å². The molecule has 32 heavy (non-hydrogen) atoms. The minimum atomic E-state index is -3.73. The van der Waals surface area contributed by atoms with Crippen molar-refractivity contribution in [1.82, 2.24) is 9.03 Å². The Kier molecular flexibility index (Phi) is 8.16. The minimum absolute atomic E-state index is 0.0778. The summed E-state index contributed by atoms with van der Waals surface area (Å²) in [6.45, 7) is 1.29.